The van der Waals surface area contributed by atoms with Crippen LogP contribution in [0.2, 0.25) is 0 Å². The zero-order valence-corrected chi connectivity index (χ0v) is 11.8. The number of hydrogen-bond acceptors (Lipinski definition) is 2. The van der Waals surface area contributed by atoms with Crippen molar-refractivity contribution in [3.05, 3.63) is 29.8 Å². The van der Waals surface area contributed by atoms with Gasteiger partial charge in [0.15, 0.2) is 0 Å². The Morgan fingerprint density at radius 1 is 1.14 bits per heavy atom. The van der Waals surface area contributed by atoms with Crippen LogP contribution in [-0.2, 0) is 5.60 Å². The van der Waals surface area contributed by atoms with Crippen LogP contribution in [0.3, 0.4) is 0 Å². The van der Waals surface area contributed by atoms with Crippen molar-refractivity contribution in [3.8, 4) is 5.75 Å². The van der Waals surface area contributed by atoms with Crippen LogP contribution in [0.25, 0.3) is 0 Å². The van der Waals surface area contributed by atoms with E-state index >= 15 is 0 Å². The quantitative estimate of drug-likeness (QED) is 0.823. The molecule has 0 aliphatic carbocycles. The highest BCUT2D eigenvalue weighted by molar-refractivity contribution is 5.32. The van der Waals surface area contributed by atoms with Crippen molar-refractivity contribution in [1.29, 1.82) is 0 Å². The zero-order chi connectivity index (χ0) is 16.5. The molecule has 0 spiro atoms. The number of halogens is 5. The number of rotatable bonds is 5. The van der Waals surface area contributed by atoms with E-state index in [4.69, 9.17) is 4.74 Å². The van der Waals surface area contributed by atoms with E-state index in [2.05, 4.69) is 0 Å². The SMILES string of the molecule is CC(C)Oc1cccc(C(C)(O)CC(F)(F)C(F)(F)F)c1. The van der Waals surface area contributed by atoms with Crippen molar-refractivity contribution < 1.29 is 31.8 Å². The minimum absolute atomic E-state index is 0.0652. The summed E-state index contributed by atoms with van der Waals surface area (Å²) in [6.07, 6.45) is -7.65. The van der Waals surface area contributed by atoms with Crippen molar-refractivity contribution in [1.82, 2.24) is 0 Å². The van der Waals surface area contributed by atoms with Gasteiger partial charge in [-0.05, 0) is 38.5 Å². The van der Waals surface area contributed by atoms with E-state index in [-0.39, 0.29) is 17.4 Å². The van der Waals surface area contributed by atoms with E-state index in [1.165, 1.54) is 24.3 Å². The van der Waals surface area contributed by atoms with Crippen LogP contribution in [0.1, 0.15) is 32.8 Å². The minimum Gasteiger partial charge on any atom is -0.491 e. The highest BCUT2D eigenvalue weighted by Gasteiger charge is 2.60. The normalized spacial score (nSPS) is 15.9. The Balaban J connectivity index is 3.02. The van der Waals surface area contributed by atoms with Crippen molar-refractivity contribution in [2.75, 3.05) is 0 Å². The molecule has 0 radical (unpaired) electrons. The average molecular weight is 312 g/mol. The van der Waals surface area contributed by atoms with E-state index in [1.807, 2.05) is 0 Å². The number of ether oxygens (including phenoxy) is 1. The van der Waals surface area contributed by atoms with Crippen LogP contribution >= 0.6 is 0 Å². The van der Waals surface area contributed by atoms with Gasteiger partial charge in [-0.25, -0.2) is 0 Å². The van der Waals surface area contributed by atoms with Gasteiger partial charge in [-0.2, -0.15) is 22.0 Å². The first-order valence-electron chi connectivity index (χ1n) is 6.29. The molecular formula is C14H17F5O2. The van der Waals surface area contributed by atoms with E-state index in [9.17, 15) is 27.1 Å². The van der Waals surface area contributed by atoms with Crippen molar-refractivity contribution in [2.45, 2.75) is 51.0 Å². The standard InChI is InChI=1S/C14H17F5O2/c1-9(2)21-11-6-4-5-10(7-11)12(3,20)8-13(15,16)14(17,18)19/h4-7,9,20H,8H2,1-3H3. The van der Waals surface area contributed by atoms with Crippen molar-refractivity contribution in [3.63, 3.8) is 0 Å². The lowest BCUT2D eigenvalue weighted by Gasteiger charge is -2.30. The third kappa shape index (κ3) is 4.56. The molecular weight excluding hydrogens is 295 g/mol. The fourth-order valence-electron chi connectivity index (χ4n) is 1.81. The fraction of sp³-hybridized carbons (Fsp3) is 0.571. The van der Waals surface area contributed by atoms with Crippen LogP contribution in [0, 0.1) is 0 Å². The maximum atomic E-state index is 13.1. The molecule has 0 aliphatic heterocycles. The highest BCUT2D eigenvalue weighted by atomic mass is 19.4. The predicted octanol–water partition coefficient (Wildman–Crippen LogP) is 4.27. The molecule has 0 aliphatic rings. The molecule has 0 aromatic heterocycles. The molecule has 21 heavy (non-hydrogen) atoms. The van der Waals surface area contributed by atoms with Gasteiger partial charge in [0.05, 0.1) is 18.1 Å². The smallest absolute Gasteiger partial charge is 0.453 e. The van der Waals surface area contributed by atoms with Gasteiger partial charge < -0.3 is 9.84 Å². The third-order valence-corrected chi connectivity index (χ3v) is 2.81. The molecule has 2 nitrogen and oxygen atoms in total. The molecule has 0 saturated heterocycles. The fourth-order valence-corrected chi connectivity index (χ4v) is 1.81. The molecule has 0 amide bonds. The van der Waals surface area contributed by atoms with E-state index < -0.39 is 24.1 Å². The van der Waals surface area contributed by atoms with Gasteiger partial charge in [-0.1, -0.05) is 12.1 Å². The van der Waals surface area contributed by atoms with Gasteiger partial charge in [0.2, 0.25) is 0 Å². The summed E-state index contributed by atoms with van der Waals surface area (Å²) in [5, 5.41) is 10.0. The number of aliphatic hydroxyl groups is 1. The number of alkyl halides is 5. The Labute approximate surface area is 119 Å². The lowest BCUT2D eigenvalue weighted by atomic mass is 9.89. The third-order valence-electron chi connectivity index (χ3n) is 2.81. The van der Waals surface area contributed by atoms with Gasteiger partial charge in [0, 0.05) is 0 Å². The summed E-state index contributed by atoms with van der Waals surface area (Å²) in [5.41, 5.74) is -2.40. The molecule has 1 N–H and O–H groups in total. The Morgan fingerprint density at radius 3 is 2.19 bits per heavy atom. The molecule has 0 saturated carbocycles. The molecule has 1 aromatic rings. The summed E-state index contributed by atoms with van der Waals surface area (Å²) in [4.78, 5) is 0. The number of benzene rings is 1. The van der Waals surface area contributed by atoms with Gasteiger partial charge in [0.25, 0.3) is 0 Å². The van der Waals surface area contributed by atoms with Crippen LogP contribution in [0.5, 0.6) is 5.75 Å². The average Bonchev–Trinajstić information content (AvgIpc) is 2.25. The molecule has 120 valence electrons. The maximum Gasteiger partial charge on any atom is 0.453 e. The largest absolute Gasteiger partial charge is 0.491 e. The second-order valence-electron chi connectivity index (χ2n) is 5.35. The lowest BCUT2D eigenvalue weighted by Crippen LogP contribution is -2.42. The molecule has 7 heteroatoms. The van der Waals surface area contributed by atoms with E-state index in [1.54, 1.807) is 13.8 Å². The van der Waals surface area contributed by atoms with Crippen molar-refractivity contribution in [2.24, 2.45) is 0 Å². The Kier molecular flexibility index (Phi) is 4.87. The first-order valence-corrected chi connectivity index (χ1v) is 6.29. The Hall–Kier alpha value is -1.37. The molecule has 1 atom stereocenters. The summed E-state index contributed by atoms with van der Waals surface area (Å²) in [5.74, 6) is -4.69. The summed E-state index contributed by atoms with van der Waals surface area (Å²) in [6, 6.07) is 5.49. The van der Waals surface area contributed by atoms with Crippen molar-refractivity contribution >= 4 is 0 Å². The zero-order valence-electron chi connectivity index (χ0n) is 11.8. The number of hydrogen-bond donors (Lipinski definition) is 1. The molecule has 1 rings (SSSR count). The van der Waals surface area contributed by atoms with Gasteiger partial charge in [-0.15, -0.1) is 0 Å². The Bertz CT molecular complexity index is 480. The highest BCUT2D eigenvalue weighted by Crippen LogP contribution is 2.44. The van der Waals surface area contributed by atoms with Crippen LogP contribution < -0.4 is 4.74 Å². The molecule has 0 bridgehead atoms. The summed E-state index contributed by atoms with van der Waals surface area (Å²) < 4.78 is 68.3. The molecule has 0 fully saturated rings. The van der Waals surface area contributed by atoms with Crippen LogP contribution in [0.15, 0.2) is 24.3 Å². The predicted molar refractivity (Wildman–Crippen MR) is 67.4 cm³/mol. The first kappa shape index (κ1) is 17.7. The van der Waals surface area contributed by atoms with Gasteiger partial charge in [-0.3, -0.25) is 0 Å². The minimum atomic E-state index is -5.71. The lowest BCUT2D eigenvalue weighted by molar-refractivity contribution is -0.297. The summed E-state index contributed by atoms with van der Waals surface area (Å²) >= 11 is 0. The molecule has 0 heterocycles. The summed E-state index contributed by atoms with van der Waals surface area (Å²) in [6.45, 7) is 4.40. The first-order chi connectivity index (χ1) is 9.35. The van der Waals surface area contributed by atoms with E-state index in [0.717, 1.165) is 6.92 Å². The van der Waals surface area contributed by atoms with Crippen LogP contribution in [-0.4, -0.2) is 23.3 Å². The molecule has 1 unspecified atom stereocenters. The topological polar surface area (TPSA) is 29.5 Å². The Morgan fingerprint density at radius 2 is 1.71 bits per heavy atom. The van der Waals surface area contributed by atoms with Gasteiger partial charge >= 0.3 is 12.1 Å². The molecule has 1 aromatic carbocycles. The second-order valence-corrected chi connectivity index (χ2v) is 5.35. The van der Waals surface area contributed by atoms with E-state index in [0.29, 0.717) is 0 Å². The van der Waals surface area contributed by atoms with Crippen LogP contribution in [0.4, 0.5) is 22.0 Å². The monoisotopic (exact) mass is 312 g/mol. The maximum absolute atomic E-state index is 13.1. The summed E-state index contributed by atoms with van der Waals surface area (Å²) in [7, 11) is 0. The second kappa shape index (κ2) is 5.79. The van der Waals surface area contributed by atoms with Gasteiger partial charge in [0.1, 0.15) is 5.75 Å².